The minimum atomic E-state index is -2.16. The normalized spacial score (nSPS) is 28.6. The van der Waals surface area contributed by atoms with E-state index in [4.69, 9.17) is 25.5 Å². The van der Waals surface area contributed by atoms with Crippen LogP contribution in [0.25, 0.3) is 11.2 Å². The molecule has 14 heteroatoms. The molecule has 0 saturated carbocycles. The first-order valence-electron chi connectivity index (χ1n) is 10.3. The van der Waals surface area contributed by atoms with Crippen LogP contribution in [0.5, 0.6) is 5.88 Å². The minimum absolute atomic E-state index is 0.0400. The average Bonchev–Trinajstić information content (AvgIpc) is 3.39. The van der Waals surface area contributed by atoms with Crippen molar-refractivity contribution in [2.75, 3.05) is 18.1 Å². The molecule has 1 unspecified atom stereocenters. The first-order valence-corrected chi connectivity index (χ1v) is 19.1. The van der Waals surface area contributed by atoms with Gasteiger partial charge in [-0.3, -0.25) is 4.57 Å². The second-order valence-corrected chi connectivity index (χ2v) is 24.8. The molecule has 2 N–H and O–H groups in total. The average molecular weight is 537 g/mol. The number of fused-ring (bicyclic) bond motifs is 1. The summed E-state index contributed by atoms with van der Waals surface area (Å²) in [5.74, 6) is 1.67. The molecule has 2 aromatic heterocycles. The molecule has 4 heterocycles. The molecule has 0 aromatic carbocycles. The number of hydrogen-bond acceptors (Lipinski definition) is 11. The summed E-state index contributed by atoms with van der Waals surface area (Å²) in [6, 6.07) is 0. The largest absolute Gasteiger partial charge is 0.492 e. The summed E-state index contributed by atoms with van der Waals surface area (Å²) in [5.41, 5.74) is 0.620. The summed E-state index contributed by atoms with van der Waals surface area (Å²) in [6.07, 6.45) is -0.205. The van der Waals surface area contributed by atoms with Crippen LogP contribution in [0.2, 0.25) is 18.1 Å². The molecule has 2 saturated heterocycles. The van der Waals surface area contributed by atoms with Crippen LogP contribution in [0.4, 0.5) is 0 Å². The van der Waals surface area contributed by atoms with Crippen molar-refractivity contribution in [1.82, 2.24) is 19.5 Å². The molecule has 178 valence electrons. The molecule has 2 aliphatic heterocycles. The predicted octanol–water partition coefficient (Wildman–Crippen LogP) is 3.90. The molecule has 0 amide bonds. The third kappa shape index (κ3) is 4.78. The van der Waals surface area contributed by atoms with Gasteiger partial charge in [0.25, 0.3) is 0 Å². The predicted molar refractivity (Wildman–Crippen MR) is 134 cm³/mol. The monoisotopic (exact) mass is 536 g/mol. The van der Waals surface area contributed by atoms with Gasteiger partial charge in [0.15, 0.2) is 30.4 Å². The Kier molecular flexibility index (Phi) is 7.06. The van der Waals surface area contributed by atoms with E-state index in [1.165, 1.54) is 12.7 Å². The number of ether oxygens (including phenoxy) is 1. The Bertz CT molecular complexity index is 1030. The van der Waals surface area contributed by atoms with Crippen molar-refractivity contribution >= 4 is 58.7 Å². The minimum Gasteiger partial charge on any atom is -0.492 e. The molecular weight excluding hydrogens is 507 g/mol. The van der Waals surface area contributed by atoms with Crippen molar-refractivity contribution in [3.63, 3.8) is 0 Å². The van der Waals surface area contributed by atoms with Gasteiger partial charge in [-0.05, 0) is 29.9 Å². The Morgan fingerprint density at radius 3 is 2.62 bits per heavy atom. The standard InChI is InChI=1S/C18H29N4O5PS3Si/c1-18(2,3)32(4,5)25-8-11-14(27-28(29)30-6-7-31-28)13(23)17(26-11)22-10-21-12-15(22)19-9-20-16(12)24/h9-11,13-14,17,23H,6-8H2,1-5H3,(H,19,20,24)/t11?,13-,14-,17-/m1/s1. The summed E-state index contributed by atoms with van der Waals surface area (Å²) in [4.78, 5) is 12.2. The molecule has 4 atom stereocenters. The summed E-state index contributed by atoms with van der Waals surface area (Å²) in [7, 11) is -2.04. The van der Waals surface area contributed by atoms with E-state index in [9.17, 15) is 10.2 Å². The second kappa shape index (κ2) is 9.08. The van der Waals surface area contributed by atoms with Crippen molar-refractivity contribution in [3.05, 3.63) is 12.7 Å². The van der Waals surface area contributed by atoms with Crippen molar-refractivity contribution in [3.8, 4) is 5.88 Å². The molecule has 0 spiro atoms. The van der Waals surface area contributed by atoms with Crippen LogP contribution >= 0.6 is 27.4 Å². The maximum absolute atomic E-state index is 11.3. The van der Waals surface area contributed by atoms with Crippen molar-refractivity contribution in [2.45, 2.75) is 63.4 Å². The van der Waals surface area contributed by atoms with Crippen molar-refractivity contribution in [1.29, 1.82) is 0 Å². The van der Waals surface area contributed by atoms with Crippen molar-refractivity contribution in [2.24, 2.45) is 0 Å². The molecule has 2 aliphatic rings. The smallest absolute Gasteiger partial charge is 0.242 e. The highest BCUT2D eigenvalue weighted by Crippen LogP contribution is 2.75. The zero-order valence-corrected chi connectivity index (χ0v) is 23.0. The number of imidazole rings is 1. The third-order valence-electron chi connectivity index (χ3n) is 6.17. The van der Waals surface area contributed by atoms with E-state index in [1.54, 1.807) is 27.3 Å². The van der Waals surface area contributed by atoms with Gasteiger partial charge in [-0.1, -0.05) is 43.5 Å². The topological polar surface area (TPSA) is 112 Å². The van der Waals surface area contributed by atoms with E-state index in [-0.39, 0.29) is 16.4 Å². The maximum atomic E-state index is 11.3. The van der Waals surface area contributed by atoms with E-state index in [1.807, 2.05) is 0 Å². The number of hydrogen-bond donors (Lipinski definition) is 2. The molecule has 2 aromatic rings. The van der Waals surface area contributed by atoms with E-state index in [0.29, 0.717) is 12.3 Å². The SMILES string of the molecule is CC(C)(C)[Si](C)(C)OCC1O[C@@H](n2cnc3c(O)ncnc32)[C@H](O)[C@@H]1OP1(=S)SCCS1. The second-order valence-electron chi connectivity index (χ2n) is 9.33. The molecular formula is C18H29N4O5PS3Si. The summed E-state index contributed by atoms with van der Waals surface area (Å²) >= 11 is 9.13. The number of aromatic nitrogens is 4. The number of rotatable bonds is 6. The molecule has 0 radical (unpaired) electrons. The Morgan fingerprint density at radius 2 is 1.97 bits per heavy atom. The molecule has 32 heavy (non-hydrogen) atoms. The molecule has 0 bridgehead atoms. The third-order valence-corrected chi connectivity index (χ3v) is 20.4. The van der Waals surface area contributed by atoms with E-state index in [2.05, 4.69) is 48.8 Å². The van der Waals surface area contributed by atoms with E-state index in [0.717, 1.165) is 11.5 Å². The van der Waals surface area contributed by atoms with Gasteiger partial charge in [0.1, 0.15) is 24.6 Å². The lowest BCUT2D eigenvalue weighted by Crippen LogP contribution is -2.44. The van der Waals surface area contributed by atoms with Gasteiger partial charge in [0.2, 0.25) is 5.88 Å². The Hall–Kier alpha value is -0.243. The lowest BCUT2D eigenvalue weighted by atomic mass is 10.1. The Morgan fingerprint density at radius 1 is 1.28 bits per heavy atom. The number of aliphatic hydroxyl groups is 1. The summed E-state index contributed by atoms with van der Waals surface area (Å²) < 4.78 is 18.6. The van der Waals surface area contributed by atoms with Crippen molar-refractivity contribution < 1.29 is 23.9 Å². The lowest BCUT2D eigenvalue weighted by molar-refractivity contribution is -0.0483. The van der Waals surface area contributed by atoms with Crippen LogP contribution in [0, 0.1) is 0 Å². The number of aromatic hydroxyl groups is 1. The fraction of sp³-hybridized carbons (Fsp3) is 0.722. The molecule has 0 aliphatic carbocycles. The van der Waals surface area contributed by atoms with Gasteiger partial charge in [-0.25, -0.2) is 9.97 Å². The highest BCUT2D eigenvalue weighted by Gasteiger charge is 2.50. The van der Waals surface area contributed by atoms with Gasteiger partial charge in [0.05, 0.1) is 12.9 Å². The van der Waals surface area contributed by atoms with Crippen LogP contribution in [-0.4, -0.2) is 74.5 Å². The number of nitrogens with zero attached hydrogens (tertiary/aromatic N) is 4. The maximum Gasteiger partial charge on any atom is 0.242 e. The van der Waals surface area contributed by atoms with Crippen LogP contribution in [0.15, 0.2) is 12.7 Å². The van der Waals surface area contributed by atoms with Gasteiger partial charge >= 0.3 is 0 Å². The number of aliphatic hydroxyl groups excluding tert-OH is 1. The lowest BCUT2D eigenvalue weighted by Gasteiger charge is -2.37. The molecule has 9 nitrogen and oxygen atoms in total. The molecule has 4 rings (SSSR count). The zero-order chi connectivity index (χ0) is 23.3. The Balaban J connectivity index is 1.62. The van der Waals surface area contributed by atoms with Gasteiger partial charge in [0, 0.05) is 11.5 Å². The molecule has 2 fully saturated rings. The van der Waals surface area contributed by atoms with Crippen LogP contribution in [0.3, 0.4) is 0 Å². The quantitative estimate of drug-likeness (QED) is 0.414. The van der Waals surface area contributed by atoms with Crippen LogP contribution in [0.1, 0.15) is 27.0 Å². The van der Waals surface area contributed by atoms with Gasteiger partial charge in [-0.15, -0.1) is 0 Å². The first-order chi connectivity index (χ1) is 14.9. The summed E-state index contributed by atoms with van der Waals surface area (Å²) in [6.45, 7) is 11.2. The van der Waals surface area contributed by atoms with E-state index < -0.39 is 37.5 Å². The summed E-state index contributed by atoms with van der Waals surface area (Å²) in [5, 5.41) is 21.3. The fourth-order valence-corrected chi connectivity index (χ4v) is 13.6. The first kappa shape index (κ1) is 24.9. The highest BCUT2D eigenvalue weighted by molar-refractivity contribution is 9.00. The highest BCUT2D eigenvalue weighted by atomic mass is 33.2. The fourth-order valence-electron chi connectivity index (χ4n) is 3.29. The van der Waals surface area contributed by atoms with Crippen LogP contribution in [-0.2, 0) is 25.5 Å². The van der Waals surface area contributed by atoms with Crippen LogP contribution < -0.4 is 0 Å². The van der Waals surface area contributed by atoms with Gasteiger partial charge < -0.3 is 23.9 Å². The van der Waals surface area contributed by atoms with E-state index >= 15 is 0 Å². The Labute approximate surface area is 201 Å². The zero-order valence-electron chi connectivity index (χ0n) is 18.7. The van der Waals surface area contributed by atoms with Gasteiger partial charge in [-0.2, -0.15) is 4.98 Å².